The van der Waals surface area contributed by atoms with Crippen molar-refractivity contribution < 1.29 is 0 Å². The predicted octanol–water partition coefficient (Wildman–Crippen LogP) is 4.73. The molecule has 0 amide bonds. The lowest BCUT2D eigenvalue weighted by Gasteiger charge is -2.13. The highest BCUT2D eigenvalue weighted by Crippen LogP contribution is 2.21. The lowest BCUT2D eigenvalue weighted by molar-refractivity contribution is 0.734. The average Bonchev–Trinajstić information content (AvgIpc) is 2.57. The van der Waals surface area contributed by atoms with Crippen LogP contribution in [0.1, 0.15) is 52.3 Å². The van der Waals surface area contributed by atoms with Gasteiger partial charge in [-0.3, -0.25) is 15.0 Å². The van der Waals surface area contributed by atoms with Gasteiger partial charge in [-0.1, -0.05) is 36.8 Å². The van der Waals surface area contributed by atoms with Gasteiger partial charge in [-0.25, -0.2) is 0 Å². The zero-order valence-electron chi connectivity index (χ0n) is 15.5. The quantitative estimate of drug-likeness (QED) is 0.678. The van der Waals surface area contributed by atoms with E-state index in [1.165, 1.54) is 16.7 Å². The Morgan fingerprint density at radius 3 is 2.20 bits per heavy atom. The molecule has 3 nitrogen and oxygen atoms in total. The maximum absolute atomic E-state index is 4.87. The summed E-state index contributed by atoms with van der Waals surface area (Å²) in [4.78, 5) is 13.6. The third kappa shape index (κ3) is 4.72. The van der Waals surface area contributed by atoms with Crippen LogP contribution in [0.25, 0.3) is 0 Å². The summed E-state index contributed by atoms with van der Waals surface area (Å²) < 4.78 is 0. The minimum Gasteiger partial charge on any atom is -0.258 e. The summed E-state index contributed by atoms with van der Waals surface area (Å²) in [7, 11) is 0. The van der Waals surface area contributed by atoms with Crippen molar-refractivity contribution in [3.05, 3.63) is 88.3 Å². The molecular weight excluding hydrogens is 306 g/mol. The smallest absolute Gasteiger partial charge is 0.0646 e. The maximum atomic E-state index is 4.87. The molecule has 0 aliphatic rings. The summed E-state index contributed by atoms with van der Waals surface area (Å²) in [5.41, 5.74) is 8.00. The molecule has 1 aromatic carbocycles. The van der Waals surface area contributed by atoms with E-state index < -0.39 is 0 Å². The Morgan fingerprint density at radius 1 is 0.800 bits per heavy atom. The highest BCUT2D eigenvalue weighted by molar-refractivity contribution is 5.28. The van der Waals surface area contributed by atoms with Gasteiger partial charge in [-0.2, -0.15) is 0 Å². The molecule has 25 heavy (non-hydrogen) atoms. The van der Waals surface area contributed by atoms with E-state index in [1.807, 2.05) is 19.3 Å². The number of nitrogens with zero attached hydrogens (tertiary/aromatic N) is 3. The van der Waals surface area contributed by atoms with Gasteiger partial charge in [0.25, 0.3) is 0 Å². The minimum absolute atomic E-state index is 0.446. The van der Waals surface area contributed by atoms with Crippen molar-refractivity contribution >= 4 is 0 Å². The monoisotopic (exact) mass is 331 g/mol. The van der Waals surface area contributed by atoms with E-state index in [-0.39, 0.29) is 0 Å². The van der Waals surface area contributed by atoms with E-state index in [0.717, 1.165) is 35.6 Å². The van der Waals surface area contributed by atoms with Crippen molar-refractivity contribution in [3.63, 3.8) is 0 Å². The van der Waals surface area contributed by atoms with Crippen LogP contribution < -0.4 is 0 Å². The molecule has 0 saturated carbocycles. The average molecular weight is 331 g/mol. The van der Waals surface area contributed by atoms with Crippen LogP contribution in [0, 0.1) is 20.8 Å². The number of pyridine rings is 1. The Morgan fingerprint density at radius 2 is 1.52 bits per heavy atom. The third-order valence-electron chi connectivity index (χ3n) is 4.43. The van der Waals surface area contributed by atoms with Gasteiger partial charge in [0, 0.05) is 30.2 Å². The number of aryl methyl sites for hydroxylation is 3. The van der Waals surface area contributed by atoms with Gasteiger partial charge in [0.1, 0.15) is 0 Å². The van der Waals surface area contributed by atoms with Crippen molar-refractivity contribution in [2.45, 2.75) is 46.5 Å². The van der Waals surface area contributed by atoms with Gasteiger partial charge < -0.3 is 0 Å². The fourth-order valence-electron chi connectivity index (χ4n) is 3.03. The van der Waals surface area contributed by atoms with Gasteiger partial charge in [0.2, 0.25) is 0 Å². The highest BCUT2D eigenvalue weighted by atomic mass is 14.8. The second-order valence-corrected chi connectivity index (χ2v) is 6.97. The van der Waals surface area contributed by atoms with Gasteiger partial charge in [0.15, 0.2) is 0 Å². The molecule has 2 heterocycles. The maximum Gasteiger partial charge on any atom is 0.0646 e. The zero-order valence-corrected chi connectivity index (χ0v) is 15.5. The molecular formula is C22H25N3. The fourth-order valence-corrected chi connectivity index (χ4v) is 3.03. The summed E-state index contributed by atoms with van der Waals surface area (Å²) in [5.74, 6) is 0.446. The fraction of sp³-hybridized carbons (Fsp3) is 0.318. The van der Waals surface area contributed by atoms with Gasteiger partial charge in [-0.05, 0) is 56.4 Å². The van der Waals surface area contributed by atoms with E-state index in [1.54, 1.807) is 0 Å². The molecule has 0 N–H and O–H groups in total. The Kier molecular flexibility index (Phi) is 5.22. The van der Waals surface area contributed by atoms with Crippen molar-refractivity contribution in [1.82, 2.24) is 15.0 Å². The molecule has 0 saturated heterocycles. The molecule has 1 unspecified atom stereocenters. The van der Waals surface area contributed by atoms with Crippen LogP contribution in [0.15, 0.2) is 48.8 Å². The Hall–Kier alpha value is -2.55. The molecule has 1 atom stereocenters. The lowest BCUT2D eigenvalue weighted by atomic mass is 9.94. The first-order valence-electron chi connectivity index (χ1n) is 8.80. The molecule has 2 aromatic heterocycles. The number of rotatable bonds is 5. The largest absolute Gasteiger partial charge is 0.258 e. The summed E-state index contributed by atoms with van der Waals surface area (Å²) in [6.45, 7) is 8.47. The van der Waals surface area contributed by atoms with Gasteiger partial charge in [-0.15, -0.1) is 0 Å². The second kappa shape index (κ2) is 7.56. The number of aromatic nitrogens is 3. The predicted molar refractivity (Wildman–Crippen MR) is 102 cm³/mol. The molecule has 0 spiro atoms. The highest BCUT2D eigenvalue weighted by Gasteiger charge is 2.10. The van der Waals surface area contributed by atoms with Crippen LogP contribution in [-0.4, -0.2) is 15.0 Å². The Balaban J connectivity index is 1.76. The molecule has 0 aliphatic carbocycles. The normalized spacial score (nSPS) is 12.2. The Labute approximate surface area is 150 Å². The third-order valence-corrected chi connectivity index (χ3v) is 4.43. The number of hydrogen-bond donors (Lipinski definition) is 0. The number of benzene rings is 1. The van der Waals surface area contributed by atoms with Crippen LogP contribution >= 0.6 is 0 Å². The van der Waals surface area contributed by atoms with Crippen LogP contribution in [0.5, 0.6) is 0 Å². The summed E-state index contributed by atoms with van der Waals surface area (Å²) >= 11 is 0. The summed E-state index contributed by atoms with van der Waals surface area (Å²) in [6, 6.07) is 13.1. The molecule has 0 radical (unpaired) electrons. The van der Waals surface area contributed by atoms with E-state index >= 15 is 0 Å². The van der Waals surface area contributed by atoms with E-state index in [2.05, 4.69) is 67.1 Å². The standard InChI is InChI=1S/C22H25N3/c1-15-5-7-19(8-6-15)17(3)11-20-9-16(2)10-21(25-20)12-22-14-23-18(4)13-24-22/h5-10,13-14,17H,11-12H2,1-4H3. The van der Waals surface area contributed by atoms with E-state index in [4.69, 9.17) is 4.98 Å². The molecule has 3 rings (SSSR count). The molecule has 3 heteroatoms. The SMILES string of the molecule is Cc1ccc(C(C)Cc2cc(C)cc(Cc3cnc(C)cn3)n2)cc1. The first kappa shape index (κ1) is 17.3. The molecule has 0 aliphatic heterocycles. The molecule has 0 fully saturated rings. The van der Waals surface area contributed by atoms with Gasteiger partial charge >= 0.3 is 0 Å². The molecule has 128 valence electrons. The zero-order chi connectivity index (χ0) is 17.8. The van der Waals surface area contributed by atoms with Crippen molar-refractivity contribution in [2.75, 3.05) is 0 Å². The van der Waals surface area contributed by atoms with Crippen molar-refractivity contribution in [3.8, 4) is 0 Å². The first-order valence-corrected chi connectivity index (χ1v) is 8.80. The second-order valence-electron chi connectivity index (χ2n) is 6.97. The molecule has 0 bridgehead atoms. The van der Waals surface area contributed by atoms with Crippen LogP contribution in [-0.2, 0) is 12.8 Å². The Bertz CT molecular complexity index is 836. The van der Waals surface area contributed by atoms with Crippen LogP contribution in [0.2, 0.25) is 0 Å². The van der Waals surface area contributed by atoms with Crippen molar-refractivity contribution in [1.29, 1.82) is 0 Å². The van der Waals surface area contributed by atoms with Crippen LogP contribution in [0.4, 0.5) is 0 Å². The summed E-state index contributed by atoms with van der Waals surface area (Å²) in [5, 5.41) is 0. The summed E-state index contributed by atoms with van der Waals surface area (Å²) in [6.07, 6.45) is 5.32. The lowest BCUT2D eigenvalue weighted by Crippen LogP contribution is -2.04. The van der Waals surface area contributed by atoms with E-state index in [9.17, 15) is 0 Å². The van der Waals surface area contributed by atoms with Crippen LogP contribution in [0.3, 0.4) is 0 Å². The minimum atomic E-state index is 0.446. The van der Waals surface area contributed by atoms with Crippen molar-refractivity contribution in [2.24, 2.45) is 0 Å². The first-order chi connectivity index (χ1) is 12.0. The molecule has 3 aromatic rings. The topological polar surface area (TPSA) is 38.7 Å². The van der Waals surface area contributed by atoms with Gasteiger partial charge in [0.05, 0.1) is 11.4 Å². The number of hydrogen-bond acceptors (Lipinski definition) is 3. The van der Waals surface area contributed by atoms with E-state index in [0.29, 0.717) is 5.92 Å².